The topological polar surface area (TPSA) is 109 Å². The highest BCUT2D eigenvalue weighted by molar-refractivity contribution is 7.92. The number of rotatable bonds is 4. The quantitative estimate of drug-likeness (QED) is 0.347. The number of benzene rings is 2. The molecule has 2 saturated carbocycles. The minimum Gasteiger partial charge on any atom is -0.490 e. The Morgan fingerprint density at radius 1 is 1.20 bits per heavy atom. The van der Waals surface area contributed by atoms with Crippen LogP contribution in [0.3, 0.4) is 0 Å². The van der Waals surface area contributed by atoms with Crippen LogP contribution in [0, 0.1) is 30.6 Å². The maximum absolute atomic E-state index is 14.3. The van der Waals surface area contributed by atoms with Gasteiger partial charge in [-0.15, -0.1) is 4.36 Å². The molecule has 5 aliphatic rings. The molecule has 2 aromatic carbocycles. The molecule has 1 spiro atoms. The second-order valence-electron chi connectivity index (χ2n) is 15.2. The van der Waals surface area contributed by atoms with Crippen molar-refractivity contribution in [1.29, 1.82) is 0 Å². The van der Waals surface area contributed by atoms with Gasteiger partial charge in [0.2, 0.25) is 6.43 Å². The number of carbonyl (C=O) groups is 2. The number of nitrogens with one attached hydrogen (secondary N) is 2. The minimum atomic E-state index is -3.63. The molecular weight excluding hydrogens is 663 g/mol. The molecule has 270 valence electrons. The highest BCUT2D eigenvalue weighted by Gasteiger charge is 2.46. The van der Waals surface area contributed by atoms with Gasteiger partial charge in [0.25, 0.3) is 5.91 Å². The number of alkyl halides is 2. The molecule has 3 aliphatic carbocycles. The van der Waals surface area contributed by atoms with E-state index >= 15 is 0 Å². The summed E-state index contributed by atoms with van der Waals surface area (Å²) in [6.45, 7) is 6.01. The van der Waals surface area contributed by atoms with Gasteiger partial charge in [-0.1, -0.05) is 42.8 Å². The number of methoxy groups -OCH3 is 1. The normalized spacial score (nSPS) is 34.3. The first kappa shape index (κ1) is 34.9. The molecule has 50 heavy (non-hydrogen) atoms. The molecule has 2 bridgehead atoms. The Morgan fingerprint density at radius 3 is 2.78 bits per heavy atom. The van der Waals surface area contributed by atoms with Crippen molar-refractivity contribution < 1.29 is 32.1 Å². The van der Waals surface area contributed by atoms with Gasteiger partial charge in [-0.2, -0.15) is 0 Å². The Hall–Kier alpha value is -3.51. The molecule has 0 saturated heterocycles. The lowest BCUT2D eigenvalue weighted by atomic mass is 9.68. The van der Waals surface area contributed by atoms with Crippen molar-refractivity contribution in [3.8, 4) is 5.75 Å². The van der Waals surface area contributed by atoms with Crippen LogP contribution in [-0.2, 0) is 26.5 Å². The molecule has 12 heteroatoms. The lowest BCUT2D eigenvalue weighted by Gasteiger charge is -2.46. The summed E-state index contributed by atoms with van der Waals surface area (Å²) in [7, 11) is -1.89. The number of anilines is 1. The summed E-state index contributed by atoms with van der Waals surface area (Å²) < 4.78 is 59.7. The smallest absolute Gasteiger partial charge is 0.327 e. The highest BCUT2D eigenvalue weighted by Crippen LogP contribution is 2.47. The maximum atomic E-state index is 14.3. The monoisotopic (exact) mass is 710 g/mol. The van der Waals surface area contributed by atoms with Crippen LogP contribution in [0.15, 0.2) is 52.9 Å². The number of hydrogen-bond acceptors (Lipinski definition) is 6. The first-order chi connectivity index (χ1) is 24.0. The number of nitrogens with zero attached hydrogens (tertiary/aromatic N) is 2. The van der Waals surface area contributed by atoms with E-state index in [1.165, 1.54) is 16.7 Å². The number of carbonyl (C=O) groups excluding carboxylic acids is 2. The van der Waals surface area contributed by atoms with Gasteiger partial charge in [0.15, 0.2) is 0 Å². The zero-order valence-electron chi connectivity index (χ0n) is 29.0. The van der Waals surface area contributed by atoms with Crippen LogP contribution < -0.4 is 19.7 Å². The van der Waals surface area contributed by atoms with Crippen LogP contribution in [-0.4, -0.2) is 67.3 Å². The van der Waals surface area contributed by atoms with Crippen molar-refractivity contribution in [1.82, 2.24) is 10.0 Å². The number of fused-ring (bicyclic) bond motifs is 4. The standard InChI is InChI=1S/C38H48F2N4O5S/c1-23-9-13-30-25(16-23)7-5-15-38(30)21-44-19-27-10-12-28(27)33(48-3)8-4-6-24(2)20-50(47,43-37(46)41-31-18-29(31)35(39)40)42-36(45)26-11-14-34(49-22-38)32(44)17-26/h4,8-9,11,13-14,16-17,24,27-29,31,33,35H,5-7,10,12,15,18-22H2,1-3H3,(H2,41,42,43,45,46,47)/b8-4+/t24-,27-,28+,29-,31-,33-,38-,50?/m0/s1. The summed E-state index contributed by atoms with van der Waals surface area (Å²) in [5.74, 6) is -0.589. The number of hydrogen-bond donors (Lipinski definition) is 2. The van der Waals surface area contributed by atoms with Crippen molar-refractivity contribution in [3.63, 3.8) is 0 Å². The Balaban J connectivity index is 1.26. The molecule has 7 rings (SSSR count). The molecule has 9 nitrogen and oxygen atoms in total. The predicted octanol–water partition coefficient (Wildman–Crippen LogP) is 6.58. The molecule has 0 radical (unpaired) electrons. The van der Waals surface area contributed by atoms with E-state index in [0.29, 0.717) is 30.6 Å². The molecule has 8 atom stereocenters. The molecule has 0 aromatic heterocycles. The predicted molar refractivity (Wildman–Crippen MR) is 189 cm³/mol. The number of ether oxygens (including phenoxy) is 2. The van der Waals surface area contributed by atoms with E-state index in [0.717, 1.165) is 50.9 Å². The van der Waals surface area contributed by atoms with Crippen molar-refractivity contribution in [3.05, 3.63) is 70.8 Å². The van der Waals surface area contributed by atoms with Crippen molar-refractivity contribution in [2.45, 2.75) is 82.8 Å². The van der Waals surface area contributed by atoms with Gasteiger partial charge >= 0.3 is 6.03 Å². The largest absolute Gasteiger partial charge is 0.490 e. The second kappa shape index (κ2) is 13.9. The lowest BCUT2D eigenvalue weighted by molar-refractivity contribution is 0.0131. The summed E-state index contributed by atoms with van der Waals surface area (Å²) in [5.41, 5.74) is 4.74. The Bertz CT molecular complexity index is 1790. The zero-order valence-corrected chi connectivity index (χ0v) is 29.9. The SMILES string of the molecule is CO[C@H]1/C=C/C[C@H](C)CS(=O)(NC(=O)N[C@H]2C[C@@H]2C(F)F)=NC(=O)c2ccc3c(c2)N(C[C@@H]2CC[C@H]21)C[C@@]1(CCCc2cc(C)ccc21)CO3. The van der Waals surface area contributed by atoms with E-state index in [1.54, 1.807) is 25.3 Å². The molecule has 2 heterocycles. The van der Waals surface area contributed by atoms with Gasteiger partial charge < -0.3 is 19.7 Å². The Kier molecular flexibility index (Phi) is 9.71. The van der Waals surface area contributed by atoms with Crippen molar-refractivity contribution in [2.75, 3.05) is 37.5 Å². The van der Waals surface area contributed by atoms with Crippen LogP contribution in [0.4, 0.5) is 19.3 Å². The van der Waals surface area contributed by atoms with Gasteiger partial charge in [0.1, 0.15) is 15.7 Å². The maximum Gasteiger partial charge on any atom is 0.327 e. The fraction of sp³-hybridized carbons (Fsp3) is 0.579. The van der Waals surface area contributed by atoms with Gasteiger partial charge in [0.05, 0.1) is 24.2 Å². The van der Waals surface area contributed by atoms with Crippen molar-refractivity contribution >= 4 is 27.5 Å². The van der Waals surface area contributed by atoms with Gasteiger partial charge in [-0.05, 0) is 98.9 Å². The number of amides is 3. The summed E-state index contributed by atoms with van der Waals surface area (Å²) >= 11 is 0. The lowest BCUT2D eigenvalue weighted by Crippen LogP contribution is -2.49. The zero-order chi connectivity index (χ0) is 35.2. The molecular formula is C38H48F2N4O5S. The number of urea groups is 1. The molecule has 2 fully saturated rings. The average Bonchev–Trinajstić information content (AvgIpc) is 3.84. The van der Waals surface area contributed by atoms with E-state index in [2.05, 4.69) is 50.5 Å². The second-order valence-corrected chi connectivity index (χ2v) is 17.2. The van der Waals surface area contributed by atoms with E-state index in [-0.39, 0.29) is 35.2 Å². The molecule has 2 N–H and O–H groups in total. The third-order valence-corrected chi connectivity index (χ3v) is 13.4. The van der Waals surface area contributed by atoms with Crippen LogP contribution in [0.25, 0.3) is 0 Å². The third kappa shape index (κ3) is 7.15. The fourth-order valence-corrected chi connectivity index (χ4v) is 10.4. The minimum absolute atomic E-state index is 0.0870. The van der Waals surface area contributed by atoms with Gasteiger partial charge in [-0.25, -0.2) is 17.8 Å². The summed E-state index contributed by atoms with van der Waals surface area (Å²) in [6.07, 6.45) is 7.35. The van der Waals surface area contributed by atoms with E-state index in [1.807, 2.05) is 13.0 Å². The fourth-order valence-electron chi connectivity index (χ4n) is 8.53. The van der Waals surface area contributed by atoms with Crippen LogP contribution in [0.1, 0.15) is 72.5 Å². The third-order valence-electron chi connectivity index (χ3n) is 11.4. The first-order valence-corrected chi connectivity index (χ1v) is 19.6. The Morgan fingerprint density at radius 2 is 2.04 bits per heavy atom. The number of allylic oxidation sites excluding steroid dienone is 1. The van der Waals surface area contributed by atoms with Crippen LogP contribution in [0.2, 0.25) is 0 Å². The summed E-state index contributed by atoms with van der Waals surface area (Å²) in [5, 5.41) is 2.48. The number of halogens is 2. The van der Waals surface area contributed by atoms with E-state index in [9.17, 15) is 22.6 Å². The summed E-state index contributed by atoms with van der Waals surface area (Å²) in [6, 6.07) is 10.4. The number of aryl methyl sites for hydroxylation is 2. The van der Waals surface area contributed by atoms with Crippen LogP contribution in [0.5, 0.6) is 5.75 Å². The molecule has 3 amide bonds. The van der Waals surface area contributed by atoms with Crippen LogP contribution >= 0.6 is 0 Å². The van der Waals surface area contributed by atoms with E-state index < -0.39 is 40.2 Å². The Labute approximate surface area is 293 Å². The average molecular weight is 711 g/mol. The molecule has 1 unspecified atom stereocenters. The van der Waals surface area contributed by atoms with Gasteiger partial charge in [0, 0.05) is 43.1 Å². The molecule has 2 aromatic rings. The molecule has 2 aliphatic heterocycles. The summed E-state index contributed by atoms with van der Waals surface area (Å²) in [4.78, 5) is 29.1. The first-order valence-electron chi connectivity index (χ1n) is 17.9. The van der Waals surface area contributed by atoms with Gasteiger partial charge in [-0.3, -0.25) is 9.52 Å². The highest BCUT2D eigenvalue weighted by atomic mass is 32.2. The van der Waals surface area contributed by atoms with E-state index in [4.69, 9.17) is 9.47 Å². The van der Waals surface area contributed by atoms with Crippen molar-refractivity contribution in [2.24, 2.45) is 28.0 Å².